The number of rotatable bonds is 1. The molecule has 2 nitrogen and oxygen atoms in total. The van der Waals surface area contributed by atoms with Crippen LogP contribution in [0.2, 0.25) is 0 Å². The van der Waals surface area contributed by atoms with Crippen LogP contribution in [-0.2, 0) is 4.79 Å². The first-order valence-electron chi connectivity index (χ1n) is 10.1. The van der Waals surface area contributed by atoms with E-state index in [9.17, 15) is 4.79 Å². The zero-order valence-electron chi connectivity index (χ0n) is 15.6. The molecule has 4 fully saturated rings. The summed E-state index contributed by atoms with van der Waals surface area (Å²) in [6.07, 6.45) is 11.6. The number of nitrogens with zero attached hydrogens (tertiary/aromatic N) is 1. The first-order valence-corrected chi connectivity index (χ1v) is 10.1. The Morgan fingerprint density at radius 2 is 1.74 bits per heavy atom. The third kappa shape index (κ3) is 2.19. The molecule has 0 aromatic rings. The van der Waals surface area contributed by atoms with Gasteiger partial charge in [0.25, 0.3) is 0 Å². The summed E-state index contributed by atoms with van der Waals surface area (Å²) in [5, 5.41) is 0. The van der Waals surface area contributed by atoms with Crippen molar-refractivity contribution in [3.8, 4) is 0 Å². The molecule has 4 rings (SSSR count). The maximum absolute atomic E-state index is 12.5. The van der Waals surface area contributed by atoms with Gasteiger partial charge in [-0.25, -0.2) is 0 Å². The smallest absolute Gasteiger partial charge is 0.139 e. The van der Waals surface area contributed by atoms with Gasteiger partial charge in [0.1, 0.15) is 5.78 Å². The van der Waals surface area contributed by atoms with Gasteiger partial charge in [0, 0.05) is 17.9 Å². The van der Waals surface area contributed by atoms with Crippen molar-refractivity contribution in [1.82, 2.24) is 4.90 Å². The Bertz CT molecular complexity index is 500. The number of hydrogen-bond acceptors (Lipinski definition) is 2. The molecule has 2 heteroatoms. The van der Waals surface area contributed by atoms with Gasteiger partial charge in [0.15, 0.2) is 0 Å². The van der Waals surface area contributed by atoms with Gasteiger partial charge in [-0.1, -0.05) is 13.8 Å². The lowest BCUT2D eigenvalue weighted by Crippen LogP contribution is -2.55. The fourth-order valence-corrected chi connectivity index (χ4v) is 7.48. The Balaban J connectivity index is 1.58. The van der Waals surface area contributed by atoms with E-state index in [4.69, 9.17) is 0 Å². The number of carbonyl (C=O) groups excluding carboxylic acids is 1. The van der Waals surface area contributed by atoms with Crippen LogP contribution in [0, 0.1) is 34.5 Å². The van der Waals surface area contributed by atoms with Gasteiger partial charge < -0.3 is 4.90 Å². The summed E-state index contributed by atoms with van der Waals surface area (Å²) in [7, 11) is 4.52. The van der Waals surface area contributed by atoms with Crippen LogP contribution in [0.4, 0.5) is 0 Å². The van der Waals surface area contributed by atoms with E-state index in [-0.39, 0.29) is 5.41 Å². The quantitative estimate of drug-likeness (QED) is 0.708. The molecule has 4 saturated carbocycles. The molecule has 0 bridgehead atoms. The maximum atomic E-state index is 12.5. The summed E-state index contributed by atoms with van der Waals surface area (Å²) in [5.74, 6) is 3.96. The van der Waals surface area contributed by atoms with E-state index in [0.29, 0.717) is 17.1 Å². The number of fused-ring (bicyclic) bond motifs is 5. The van der Waals surface area contributed by atoms with Gasteiger partial charge >= 0.3 is 0 Å². The summed E-state index contributed by atoms with van der Waals surface area (Å²) in [4.78, 5) is 14.9. The van der Waals surface area contributed by atoms with E-state index >= 15 is 0 Å². The second kappa shape index (κ2) is 5.31. The summed E-state index contributed by atoms with van der Waals surface area (Å²) in [5.41, 5.74) is 0.605. The highest BCUT2D eigenvalue weighted by Gasteiger charge is 2.60. The molecule has 0 aromatic carbocycles. The lowest BCUT2D eigenvalue weighted by Gasteiger charge is -2.60. The van der Waals surface area contributed by atoms with Gasteiger partial charge in [-0.2, -0.15) is 0 Å². The summed E-state index contributed by atoms with van der Waals surface area (Å²) in [6.45, 7) is 4.93. The molecule has 0 radical (unpaired) electrons. The molecule has 0 unspecified atom stereocenters. The van der Waals surface area contributed by atoms with Crippen molar-refractivity contribution in [3.63, 3.8) is 0 Å². The standard InChI is InChI=1S/C21H35NO/c1-20-11-9-15(22(3)4)13-14(20)5-6-16-17-7-8-19(23)21(17,2)12-10-18(16)20/h14-18H,5-13H2,1-4H3/t14-,15-,16-,17-,18-,20-,21-/m0/s1. The van der Waals surface area contributed by atoms with Crippen LogP contribution in [0.3, 0.4) is 0 Å². The predicted molar refractivity (Wildman–Crippen MR) is 94.2 cm³/mol. The normalized spacial score (nSPS) is 52.9. The van der Waals surface area contributed by atoms with Crippen molar-refractivity contribution in [2.24, 2.45) is 34.5 Å². The molecule has 0 aliphatic heterocycles. The predicted octanol–water partition coefficient (Wildman–Crippen LogP) is 4.53. The molecule has 0 N–H and O–H groups in total. The van der Waals surface area contributed by atoms with Gasteiger partial charge in [-0.3, -0.25) is 4.79 Å². The lowest BCUT2D eigenvalue weighted by molar-refractivity contribution is -0.140. The van der Waals surface area contributed by atoms with E-state index < -0.39 is 0 Å². The number of carbonyl (C=O) groups is 1. The zero-order chi connectivity index (χ0) is 16.4. The minimum Gasteiger partial charge on any atom is -0.306 e. The average Bonchev–Trinajstić information content (AvgIpc) is 2.82. The number of Topliss-reactive ketones (excluding diaryl/α,β-unsaturated/α-hetero) is 1. The topological polar surface area (TPSA) is 20.3 Å². The van der Waals surface area contributed by atoms with Gasteiger partial charge in [0.2, 0.25) is 0 Å². The fourth-order valence-electron chi connectivity index (χ4n) is 7.48. The molecule has 0 heterocycles. The highest BCUT2D eigenvalue weighted by atomic mass is 16.1. The number of hydrogen-bond donors (Lipinski definition) is 0. The molecule has 0 amide bonds. The lowest BCUT2D eigenvalue weighted by atomic mass is 9.45. The van der Waals surface area contributed by atoms with Crippen LogP contribution >= 0.6 is 0 Å². The Kier molecular flexibility index (Phi) is 3.72. The van der Waals surface area contributed by atoms with Crippen molar-refractivity contribution in [3.05, 3.63) is 0 Å². The molecule has 0 aromatic heterocycles. The second-order valence-corrected chi connectivity index (χ2v) is 9.97. The minimum atomic E-state index is 0.0468. The Morgan fingerprint density at radius 1 is 0.957 bits per heavy atom. The van der Waals surface area contributed by atoms with Crippen LogP contribution in [-0.4, -0.2) is 30.8 Å². The third-order valence-corrected chi connectivity index (χ3v) is 9.08. The van der Waals surface area contributed by atoms with Crippen LogP contribution in [0.25, 0.3) is 0 Å². The van der Waals surface area contributed by atoms with Crippen LogP contribution in [0.15, 0.2) is 0 Å². The molecule has 4 aliphatic carbocycles. The van der Waals surface area contributed by atoms with Gasteiger partial charge in [-0.15, -0.1) is 0 Å². The summed E-state index contributed by atoms with van der Waals surface area (Å²) >= 11 is 0. The SMILES string of the molecule is CN(C)[C@H]1CC[C@@]2(C)[C@@H](CC[C@@H]3[C@@H]2CC[C@]2(C)C(=O)CC[C@@H]32)C1. The number of ketones is 1. The van der Waals surface area contributed by atoms with Crippen molar-refractivity contribution in [2.75, 3.05) is 14.1 Å². The van der Waals surface area contributed by atoms with E-state index in [1.54, 1.807) is 0 Å². The third-order valence-electron chi connectivity index (χ3n) is 9.08. The van der Waals surface area contributed by atoms with Crippen LogP contribution in [0.1, 0.15) is 71.6 Å². The molecule has 130 valence electrons. The molecule has 0 spiro atoms. The first kappa shape index (κ1) is 16.1. The largest absolute Gasteiger partial charge is 0.306 e. The Morgan fingerprint density at radius 3 is 2.48 bits per heavy atom. The second-order valence-electron chi connectivity index (χ2n) is 9.97. The van der Waals surface area contributed by atoms with E-state index in [1.807, 2.05) is 0 Å². The average molecular weight is 318 g/mol. The molecule has 7 atom stereocenters. The minimum absolute atomic E-state index is 0.0468. The molecular weight excluding hydrogens is 282 g/mol. The molecule has 23 heavy (non-hydrogen) atoms. The molecule has 0 saturated heterocycles. The van der Waals surface area contributed by atoms with Crippen molar-refractivity contribution in [1.29, 1.82) is 0 Å². The Hall–Kier alpha value is -0.370. The molecule has 4 aliphatic rings. The van der Waals surface area contributed by atoms with Gasteiger partial charge in [-0.05, 0) is 94.5 Å². The molecular formula is C21H35NO. The summed E-state index contributed by atoms with van der Waals surface area (Å²) in [6, 6.07) is 0.798. The van der Waals surface area contributed by atoms with E-state index in [2.05, 4.69) is 32.8 Å². The monoisotopic (exact) mass is 317 g/mol. The zero-order valence-corrected chi connectivity index (χ0v) is 15.6. The summed E-state index contributed by atoms with van der Waals surface area (Å²) < 4.78 is 0. The maximum Gasteiger partial charge on any atom is 0.139 e. The van der Waals surface area contributed by atoms with Crippen molar-refractivity contribution in [2.45, 2.75) is 77.7 Å². The first-order chi connectivity index (χ1) is 10.9. The fraction of sp³-hybridized carbons (Fsp3) is 0.952. The van der Waals surface area contributed by atoms with Gasteiger partial charge in [0.05, 0.1) is 0 Å². The van der Waals surface area contributed by atoms with E-state index in [0.717, 1.165) is 30.2 Å². The van der Waals surface area contributed by atoms with E-state index in [1.165, 1.54) is 51.4 Å². The highest BCUT2D eigenvalue weighted by Crippen LogP contribution is 2.65. The highest BCUT2D eigenvalue weighted by molar-refractivity contribution is 5.87. The van der Waals surface area contributed by atoms with Crippen LogP contribution in [0.5, 0.6) is 0 Å². The van der Waals surface area contributed by atoms with Crippen LogP contribution < -0.4 is 0 Å². The van der Waals surface area contributed by atoms with Crippen molar-refractivity contribution < 1.29 is 4.79 Å². The van der Waals surface area contributed by atoms with Crippen molar-refractivity contribution >= 4 is 5.78 Å². The Labute approximate surface area is 142 Å².